The lowest BCUT2D eigenvalue weighted by Gasteiger charge is -2.51. The van der Waals surface area contributed by atoms with Gasteiger partial charge in [0.15, 0.2) is 0 Å². The number of benzene rings is 1. The predicted molar refractivity (Wildman–Crippen MR) is 126 cm³/mol. The highest BCUT2D eigenvalue weighted by molar-refractivity contribution is 14.1. The van der Waals surface area contributed by atoms with Crippen LogP contribution in [0.1, 0.15) is 58.9 Å². The van der Waals surface area contributed by atoms with Crippen molar-refractivity contribution < 1.29 is 19.4 Å². The largest absolute Gasteiger partial charge is 0.456 e. The Hall–Kier alpha value is -0.920. The number of allylic oxidation sites excluding steroid dienone is 1. The molecule has 7 atom stereocenters. The van der Waals surface area contributed by atoms with Crippen LogP contribution in [0.25, 0.3) is 5.57 Å². The molecule has 1 aliphatic carbocycles. The SMILES string of the molecule is C/C(=C\C(=O)OC1C2C(I)CCC2C2(C)OC1(CC(C)C)CC2O)c1ccccc1. The lowest BCUT2D eigenvalue weighted by molar-refractivity contribution is -0.250. The minimum Gasteiger partial charge on any atom is -0.456 e. The number of alkyl halides is 1. The van der Waals surface area contributed by atoms with E-state index >= 15 is 0 Å². The number of fused-ring (bicyclic) bond motifs is 4. The summed E-state index contributed by atoms with van der Waals surface area (Å²) in [6.07, 6.45) is 4.16. The Kier molecular flexibility index (Phi) is 6.10. The third-order valence-corrected chi connectivity index (χ3v) is 8.88. The van der Waals surface area contributed by atoms with Gasteiger partial charge in [0.05, 0.1) is 11.7 Å². The molecule has 0 amide bonds. The number of carbonyl (C=O) groups is 1. The molecule has 7 unspecified atom stereocenters. The molecule has 2 bridgehead atoms. The van der Waals surface area contributed by atoms with Gasteiger partial charge in [0, 0.05) is 22.3 Å². The zero-order valence-corrected chi connectivity index (χ0v) is 20.5. The zero-order valence-electron chi connectivity index (χ0n) is 18.3. The van der Waals surface area contributed by atoms with E-state index in [2.05, 4.69) is 43.4 Å². The van der Waals surface area contributed by atoms with Gasteiger partial charge in [0.1, 0.15) is 11.7 Å². The number of carbonyl (C=O) groups excluding carboxylic acids is 1. The van der Waals surface area contributed by atoms with Crippen molar-refractivity contribution in [2.45, 2.75) is 80.7 Å². The van der Waals surface area contributed by atoms with E-state index in [1.807, 2.05) is 37.3 Å². The maximum atomic E-state index is 13.0. The molecule has 1 saturated carbocycles. The molecule has 1 N–H and O–H groups in total. The van der Waals surface area contributed by atoms with Gasteiger partial charge in [0.2, 0.25) is 0 Å². The summed E-state index contributed by atoms with van der Waals surface area (Å²) in [4.78, 5) is 13.0. The van der Waals surface area contributed by atoms with E-state index in [0.29, 0.717) is 16.3 Å². The van der Waals surface area contributed by atoms with E-state index in [1.165, 1.54) is 0 Å². The summed E-state index contributed by atoms with van der Waals surface area (Å²) in [6, 6.07) is 9.89. The molecule has 2 heterocycles. The zero-order chi connectivity index (χ0) is 21.7. The fourth-order valence-corrected chi connectivity index (χ4v) is 7.45. The van der Waals surface area contributed by atoms with Gasteiger partial charge >= 0.3 is 5.97 Å². The van der Waals surface area contributed by atoms with Crippen LogP contribution in [-0.4, -0.2) is 38.4 Å². The molecule has 1 aromatic rings. The molecule has 4 nitrogen and oxygen atoms in total. The number of esters is 1. The molecule has 0 aromatic heterocycles. The molecule has 164 valence electrons. The highest BCUT2D eigenvalue weighted by Gasteiger charge is 2.70. The number of hydrogen-bond acceptors (Lipinski definition) is 4. The highest BCUT2D eigenvalue weighted by atomic mass is 127. The first-order valence-electron chi connectivity index (χ1n) is 11.1. The second kappa shape index (κ2) is 8.21. The van der Waals surface area contributed by atoms with E-state index in [0.717, 1.165) is 30.4 Å². The molecular weight excluding hydrogens is 491 g/mol. The van der Waals surface area contributed by atoms with Gasteiger partial charge in [-0.05, 0) is 56.1 Å². The van der Waals surface area contributed by atoms with Crippen molar-refractivity contribution in [1.29, 1.82) is 0 Å². The van der Waals surface area contributed by atoms with Crippen molar-refractivity contribution in [3.05, 3.63) is 42.0 Å². The van der Waals surface area contributed by atoms with E-state index in [9.17, 15) is 9.90 Å². The van der Waals surface area contributed by atoms with Crippen LogP contribution in [0, 0.1) is 17.8 Å². The van der Waals surface area contributed by atoms with E-state index in [4.69, 9.17) is 9.47 Å². The lowest BCUT2D eigenvalue weighted by atomic mass is 9.72. The lowest BCUT2D eigenvalue weighted by Crippen LogP contribution is -2.61. The van der Waals surface area contributed by atoms with Crippen LogP contribution < -0.4 is 0 Å². The van der Waals surface area contributed by atoms with Crippen LogP contribution in [0.4, 0.5) is 0 Å². The van der Waals surface area contributed by atoms with Gasteiger partial charge in [-0.15, -0.1) is 0 Å². The van der Waals surface area contributed by atoms with Gasteiger partial charge in [-0.2, -0.15) is 0 Å². The topological polar surface area (TPSA) is 55.8 Å². The summed E-state index contributed by atoms with van der Waals surface area (Å²) in [6.45, 7) is 8.35. The molecule has 5 heteroatoms. The van der Waals surface area contributed by atoms with Crippen molar-refractivity contribution in [2.24, 2.45) is 17.8 Å². The Morgan fingerprint density at radius 2 is 2.03 bits per heavy atom. The summed E-state index contributed by atoms with van der Waals surface area (Å²) in [7, 11) is 0. The summed E-state index contributed by atoms with van der Waals surface area (Å²) in [5.74, 6) is 0.504. The minimum atomic E-state index is -0.610. The van der Waals surface area contributed by atoms with Gasteiger partial charge in [-0.25, -0.2) is 4.79 Å². The Morgan fingerprint density at radius 3 is 2.70 bits per heavy atom. The summed E-state index contributed by atoms with van der Waals surface area (Å²) in [5, 5.41) is 11.0. The Morgan fingerprint density at radius 1 is 1.33 bits per heavy atom. The molecule has 0 radical (unpaired) electrons. The van der Waals surface area contributed by atoms with Crippen LogP contribution >= 0.6 is 22.6 Å². The number of ether oxygens (including phenoxy) is 2. The van der Waals surface area contributed by atoms with Gasteiger partial charge in [0.25, 0.3) is 0 Å². The number of hydrogen-bond donors (Lipinski definition) is 1. The summed E-state index contributed by atoms with van der Waals surface area (Å²) in [5.41, 5.74) is 0.751. The summed E-state index contributed by atoms with van der Waals surface area (Å²) < 4.78 is 13.4. The Bertz CT molecular complexity index is 822. The van der Waals surface area contributed by atoms with Gasteiger partial charge in [-0.3, -0.25) is 0 Å². The molecular formula is C25H33IO4. The molecule has 0 spiro atoms. The first-order chi connectivity index (χ1) is 14.2. The molecule has 4 rings (SSSR count). The molecule has 1 aromatic carbocycles. The average molecular weight is 524 g/mol. The second-order valence-electron chi connectivity index (χ2n) is 10.00. The molecule has 2 aliphatic heterocycles. The third-order valence-electron chi connectivity index (χ3n) is 7.42. The smallest absolute Gasteiger partial charge is 0.331 e. The van der Waals surface area contributed by atoms with Crippen LogP contribution in [0.2, 0.25) is 0 Å². The van der Waals surface area contributed by atoms with Crippen molar-refractivity contribution in [3.63, 3.8) is 0 Å². The predicted octanol–water partition coefficient (Wildman–Crippen LogP) is 5.17. The number of aliphatic hydroxyl groups excluding tert-OH is 1. The van der Waals surface area contributed by atoms with E-state index < -0.39 is 17.3 Å². The quantitative estimate of drug-likeness (QED) is 0.250. The van der Waals surface area contributed by atoms with Crippen molar-refractivity contribution in [3.8, 4) is 0 Å². The number of rotatable bonds is 5. The monoisotopic (exact) mass is 524 g/mol. The minimum absolute atomic E-state index is 0.217. The van der Waals surface area contributed by atoms with Gasteiger partial charge in [-0.1, -0.05) is 66.8 Å². The average Bonchev–Trinajstić information content (AvgIpc) is 3.17. The Balaban J connectivity index is 1.66. The fraction of sp³-hybridized carbons (Fsp3) is 0.640. The van der Waals surface area contributed by atoms with Crippen LogP contribution in [0.3, 0.4) is 0 Å². The standard InChI is InChI=1S/C25H33IO4/c1-15(2)13-25-14-20(27)24(4,30-25)18-10-11-19(26)22(18)23(25)29-21(28)12-16(3)17-8-6-5-7-9-17/h5-9,12,15,18-20,22-23,27H,10-11,13-14H2,1-4H3/b16-12+. The highest BCUT2D eigenvalue weighted by Crippen LogP contribution is 2.61. The molecule has 3 fully saturated rings. The summed E-state index contributed by atoms with van der Waals surface area (Å²) >= 11 is 2.52. The maximum absolute atomic E-state index is 13.0. The van der Waals surface area contributed by atoms with Crippen LogP contribution in [0.15, 0.2) is 36.4 Å². The maximum Gasteiger partial charge on any atom is 0.331 e. The normalized spacial score (nSPS) is 40.5. The number of halogens is 1. The second-order valence-corrected chi connectivity index (χ2v) is 11.6. The van der Waals surface area contributed by atoms with Crippen molar-refractivity contribution >= 4 is 34.1 Å². The van der Waals surface area contributed by atoms with Gasteiger partial charge < -0.3 is 14.6 Å². The molecule has 2 saturated heterocycles. The molecule has 30 heavy (non-hydrogen) atoms. The van der Waals surface area contributed by atoms with Crippen molar-refractivity contribution in [1.82, 2.24) is 0 Å². The first kappa shape index (κ1) is 22.3. The fourth-order valence-electron chi connectivity index (χ4n) is 6.21. The molecule has 3 aliphatic rings. The first-order valence-corrected chi connectivity index (χ1v) is 12.4. The van der Waals surface area contributed by atoms with E-state index in [1.54, 1.807) is 6.08 Å². The Labute approximate surface area is 193 Å². The van der Waals surface area contributed by atoms with Crippen LogP contribution in [-0.2, 0) is 14.3 Å². The third kappa shape index (κ3) is 3.75. The number of aliphatic hydroxyl groups is 1. The van der Waals surface area contributed by atoms with Crippen molar-refractivity contribution in [2.75, 3.05) is 0 Å². The van der Waals surface area contributed by atoms with E-state index in [-0.39, 0.29) is 23.9 Å². The van der Waals surface area contributed by atoms with Crippen LogP contribution in [0.5, 0.6) is 0 Å².